The van der Waals surface area contributed by atoms with Gasteiger partial charge in [0.1, 0.15) is 17.0 Å². The van der Waals surface area contributed by atoms with Gasteiger partial charge in [0.05, 0.1) is 17.9 Å². The molecule has 158 valence electrons. The fourth-order valence-corrected chi connectivity index (χ4v) is 5.35. The maximum Gasteiger partial charge on any atom is 0.283 e. The zero-order chi connectivity index (χ0) is 20.9. The highest BCUT2D eigenvalue weighted by Gasteiger charge is 2.53. The summed E-state index contributed by atoms with van der Waals surface area (Å²) in [6.07, 6.45) is 7.51. The van der Waals surface area contributed by atoms with E-state index in [4.69, 9.17) is 27.9 Å². The van der Waals surface area contributed by atoms with E-state index in [2.05, 4.69) is 20.1 Å². The SMILES string of the molecule is Cc1ncc2ccc(OC3CC4(C3)CN(CCCc3cn[nH]c(=O)c3Cl)C4)c(Cl)n12. The number of nitrogens with one attached hydrogen (secondary N) is 1. The van der Waals surface area contributed by atoms with E-state index < -0.39 is 0 Å². The van der Waals surface area contributed by atoms with Crippen LogP contribution in [0.1, 0.15) is 30.7 Å². The molecule has 3 aromatic rings. The Kier molecular flexibility index (Phi) is 5.00. The van der Waals surface area contributed by atoms with Crippen LogP contribution in [0.3, 0.4) is 0 Å². The molecule has 3 aromatic heterocycles. The van der Waals surface area contributed by atoms with E-state index in [1.807, 2.05) is 29.7 Å². The summed E-state index contributed by atoms with van der Waals surface area (Å²) < 4.78 is 8.11. The average molecular weight is 448 g/mol. The molecule has 30 heavy (non-hydrogen) atoms. The summed E-state index contributed by atoms with van der Waals surface area (Å²) >= 11 is 12.6. The Morgan fingerprint density at radius 2 is 2.07 bits per heavy atom. The van der Waals surface area contributed by atoms with Crippen LogP contribution in [0.2, 0.25) is 10.2 Å². The van der Waals surface area contributed by atoms with E-state index in [0.717, 1.165) is 68.0 Å². The normalized spacial score (nSPS) is 18.5. The molecule has 0 atom stereocenters. The van der Waals surface area contributed by atoms with Crippen molar-refractivity contribution in [1.82, 2.24) is 24.5 Å². The van der Waals surface area contributed by atoms with Gasteiger partial charge >= 0.3 is 0 Å². The maximum atomic E-state index is 11.5. The molecule has 2 aliphatic rings. The van der Waals surface area contributed by atoms with Crippen LogP contribution < -0.4 is 10.3 Å². The molecule has 0 radical (unpaired) electrons. The average Bonchev–Trinajstić information content (AvgIpc) is 3.04. The van der Waals surface area contributed by atoms with Gasteiger partial charge in [0.15, 0.2) is 10.9 Å². The van der Waals surface area contributed by atoms with Gasteiger partial charge in [0, 0.05) is 18.5 Å². The fraction of sp³-hybridized carbons (Fsp3) is 0.476. The molecule has 5 rings (SSSR count). The molecule has 4 heterocycles. The number of halogens is 2. The van der Waals surface area contributed by atoms with Crippen molar-refractivity contribution < 1.29 is 4.74 Å². The van der Waals surface area contributed by atoms with Crippen LogP contribution in [0.5, 0.6) is 5.75 Å². The molecule has 0 aromatic carbocycles. The number of H-pyrrole nitrogens is 1. The Hall–Kier alpha value is -2.09. The molecule has 1 aliphatic carbocycles. The minimum Gasteiger partial charge on any atom is -0.487 e. The van der Waals surface area contributed by atoms with Gasteiger partial charge < -0.3 is 9.64 Å². The number of imidazole rings is 1. The number of hydrogen-bond donors (Lipinski definition) is 1. The monoisotopic (exact) mass is 447 g/mol. The lowest BCUT2D eigenvalue weighted by Crippen LogP contribution is -2.64. The van der Waals surface area contributed by atoms with Crippen LogP contribution in [-0.2, 0) is 6.42 Å². The first-order chi connectivity index (χ1) is 14.4. The molecule has 0 bridgehead atoms. The van der Waals surface area contributed by atoms with Gasteiger partial charge in [-0.1, -0.05) is 23.2 Å². The predicted octanol–water partition coefficient (Wildman–Crippen LogP) is 3.51. The number of likely N-dealkylation sites (tertiary alicyclic amines) is 1. The molecule has 1 saturated carbocycles. The first kappa shape index (κ1) is 19.8. The van der Waals surface area contributed by atoms with Gasteiger partial charge in [-0.05, 0) is 56.8 Å². The quantitative estimate of drug-likeness (QED) is 0.585. The molecule has 7 nitrogen and oxygen atoms in total. The number of nitrogens with zero attached hydrogens (tertiary/aromatic N) is 4. The van der Waals surface area contributed by atoms with Crippen molar-refractivity contribution in [3.63, 3.8) is 0 Å². The predicted molar refractivity (Wildman–Crippen MR) is 116 cm³/mol. The molecule has 1 aliphatic heterocycles. The first-order valence-corrected chi connectivity index (χ1v) is 10.9. The highest BCUT2D eigenvalue weighted by Crippen LogP contribution is 2.50. The summed E-state index contributed by atoms with van der Waals surface area (Å²) in [4.78, 5) is 18.3. The molecule has 1 spiro atoms. The molecule has 9 heteroatoms. The largest absolute Gasteiger partial charge is 0.487 e. The number of pyridine rings is 1. The van der Waals surface area contributed by atoms with E-state index in [9.17, 15) is 4.79 Å². The number of hydrogen-bond acceptors (Lipinski definition) is 5. The van der Waals surface area contributed by atoms with Crippen molar-refractivity contribution in [1.29, 1.82) is 0 Å². The molecular formula is C21H23Cl2N5O2. The van der Waals surface area contributed by atoms with Gasteiger partial charge in [-0.3, -0.25) is 9.20 Å². The number of aromatic nitrogens is 4. The van der Waals surface area contributed by atoms with Crippen LogP contribution in [0.15, 0.2) is 29.3 Å². The second-order valence-corrected chi connectivity index (χ2v) is 9.29. The first-order valence-electron chi connectivity index (χ1n) is 10.2. The minimum absolute atomic E-state index is 0.215. The van der Waals surface area contributed by atoms with Crippen molar-refractivity contribution in [3.05, 3.63) is 56.4 Å². The third kappa shape index (κ3) is 3.49. The summed E-state index contributed by atoms with van der Waals surface area (Å²) in [5.74, 6) is 1.59. The zero-order valence-electron chi connectivity index (χ0n) is 16.7. The Balaban J connectivity index is 1.09. The Morgan fingerprint density at radius 1 is 1.27 bits per heavy atom. The van der Waals surface area contributed by atoms with Gasteiger partial charge in [0.25, 0.3) is 5.56 Å². The molecule has 0 amide bonds. The van der Waals surface area contributed by atoms with E-state index in [-0.39, 0.29) is 16.7 Å². The lowest BCUT2D eigenvalue weighted by atomic mass is 9.61. The Morgan fingerprint density at radius 3 is 2.87 bits per heavy atom. The van der Waals surface area contributed by atoms with Crippen molar-refractivity contribution in [3.8, 4) is 5.75 Å². The third-order valence-corrected chi connectivity index (χ3v) is 7.06. The number of ether oxygens (including phenoxy) is 1. The van der Waals surface area contributed by atoms with Crippen LogP contribution in [0.25, 0.3) is 5.52 Å². The van der Waals surface area contributed by atoms with Gasteiger partial charge in [0.2, 0.25) is 0 Å². The third-order valence-electron chi connectivity index (χ3n) is 6.29. The van der Waals surface area contributed by atoms with Crippen molar-refractivity contribution >= 4 is 28.7 Å². The highest BCUT2D eigenvalue weighted by molar-refractivity contribution is 6.31. The minimum atomic E-state index is -0.319. The van der Waals surface area contributed by atoms with Gasteiger partial charge in [-0.15, -0.1) is 0 Å². The summed E-state index contributed by atoms with van der Waals surface area (Å²) in [7, 11) is 0. The smallest absolute Gasteiger partial charge is 0.283 e. The molecule has 1 N–H and O–H groups in total. The van der Waals surface area contributed by atoms with Crippen molar-refractivity contribution in [2.45, 2.75) is 38.7 Å². The lowest BCUT2D eigenvalue weighted by Gasteiger charge is -2.58. The number of rotatable bonds is 6. The van der Waals surface area contributed by atoms with Crippen LogP contribution in [-0.4, -0.2) is 50.2 Å². The van der Waals surface area contributed by atoms with E-state index in [1.165, 1.54) is 0 Å². The summed E-state index contributed by atoms with van der Waals surface area (Å²) in [5.41, 5.74) is 1.85. The number of fused-ring (bicyclic) bond motifs is 1. The maximum absolute atomic E-state index is 11.5. The van der Waals surface area contributed by atoms with Crippen LogP contribution >= 0.6 is 23.2 Å². The number of aryl methyl sites for hydroxylation is 2. The molecule has 0 unspecified atom stereocenters. The molecule has 2 fully saturated rings. The Labute approximate surface area is 184 Å². The second-order valence-electron chi connectivity index (χ2n) is 8.55. The van der Waals surface area contributed by atoms with Crippen LogP contribution in [0, 0.1) is 12.3 Å². The van der Waals surface area contributed by atoms with Crippen molar-refractivity contribution in [2.24, 2.45) is 5.41 Å². The topological polar surface area (TPSA) is 75.5 Å². The van der Waals surface area contributed by atoms with E-state index in [1.54, 1.807) is 6.20 Å². The standard InChI is InChI=1S/C21H23Cl2N5O2/c1-13-24-10-15-4-5-17(19(23)28(13)15)30-16-7-21(8-16)11-27(12-21)6-2-3-14-9-25-26-20(29)18(14)22/h4-5,9-10,16H,2-3,6-8,11-12H2,1H3,(H,26,29). The Bertz CT molecular complexity index is 1140. The van der Waals surface area contributed by atoms with Crippen LogP contribution in [0.4, 0.5) is 0 Å². The number of aromatic amines is 1. The second kappa shape index (κ2) is 7.55. The summed E-state index contributed by atoms with van der Waals surface area (Å²) in [6.45, 7) is 5.13. The molecule has 1 saturated heterocycles. The highest BCUT2D eigenvalue weighted by atomic mass is 35.5. The fourth-order valence-electron chi connectivity index (χ4n) is 4.84. The van der Waals surface area contributed by atoms with Gasteiger partial charge in [-0.2, -0.15) is 5.10 Å². The lowest BCUT2D eigenvalue weighted by molar-refractivity contribution is -0.119. The van der Waals surface area contributed by atoms with Gasteiger partial charge in [-0.25, -0.2) is 10.1 Å². The summed E-state index contributed by atoms with van der Waals surface area (Å²) in [6, 6.07) is 3.93. The zero-order valence-corrected chi connectivity index (χ0v) is 18.2. The van der Waals surface area contributed by atoms with E-state index in [0.29, 0.717) is 10.6 Å². The van der Waals surface area contributed by atoms with E-state index >= 15 is 0 Å². The molecular weight excluding hydrogens is 425 g/mol. The van der Waals surface area contributed by atoms with Crippen molar-refractivity contribution in [2.75, 3.05) is 19.6 Å². The summed E-state index contributed by atoms with van der Waals surface area (Å²) in [5, 5.41) is 7.02.